The van der Waals surface area contributed by atoms with Crippen LogP contribution in [0.4, 0.5) is 5.69 Å². The molecule has 12 heavy (non-hydrogen) atoms. The van der Waals surface area contributed by atoms with Crippen molar-refractivity contribution in [3.63, 3.8) is 0 Å². The van der Waals surface area contributed by atoms with Crippen molar-refractivity contribution in [3.05, 3.63) is 27.1 Å². The van der Waals surface area contributed by atoms with E-state index < -0.39 is 0 Å². The van der Waals surface area contributed by atoms with Crippen LogP contribution in [0.1, 0.15) is 0 Å². The molecular formula is C7H7Br2N3. The highest BCUT2D eigenvalue weighted by Crippen LogP contribution is 2.29. The fourth-order valence-corrected chi connectivity index (χ4v) is 1.95. The standard InChI is InChI=1S/C7H7Br2N3/c8-4-2-1-3-5(9)6(4)12-7(10)11/h1-3H,(H4,10,11,12). The van der Waals surface area contributed by atoms with Crippen LogP contribution in [0, 0.1) is 5.41 Å². The predicted octanol–water partition coefficient (Wildman–Crippen LogP) is 2.52. The molecule has 0 aliphatic heterocycles. The van der Waals surface area contributed by atoms with Crippen LogP contribution in [0.3, 0.4) is 0 Å². The zero-order valence-electron chi connectivity index (χ0n) is 6.07. The van der Waals surface area contributed by atoms with Crippen LogP contribution in [0.15, 0.2) is 27.1 Å². The Hall–Kier alpha value is -0.550. The molecule has 0 bridgehead atoms. The summed E-state index contributed by atoms with van der Waals surface area (Å²) in [6.45, 7) is 0. The Bertz CT molecular complexity index is 291. The topological polar surface area (TPSA) is 61.9 Å². The number of rotatable bonds is 1. The molecule has 1 aromatic carbocycles. The molecule has 64 valence electrons. The minimum atomic E-state index is -0.0809. The first kappa shape index (κ1) is 9.54. The number of nitrogens with two attached hydrogens (primary N) is 1. The van der Waals surface area contributed by atoms with Crippen LogP contribution >= 0.6 is 31.9 Å². The van der Waals surface area contributed by atoms with Gasteiger partial charge in [-0.2, -0.15) is 0 Å². The largest absolute Gasteiger partial charge is 0.370 e. The van der Waals surface area contributed by atoms with E-state index in [9.17, 15) is 0 Å². The second-order valence-electron chi connectivity index (χ2n) is 2.14. The number of anilines is 1. The van der Waals surface area contributed by atoms with E-state index in [4.69, 9.17) is 11.1 Å². The summed E-state index contributed by atoms with van der Waals surface area (Å²) in [6, 6.07) is 5.63. The third-order valence-corrected chi connectivity index (χ3v) is 2.54. The van der Waals surface area contributed by atoms with E-state index in [2.05, 4.69) is 37.2 Å². The van der Waals surface area contributed by atoms with Crippen LogP contribution in [-0.2, 0) is 0 Å². The lowest BCUT2D eigenvalue weighted by Crippen LogP contribution is -2.20. The summed E-state index contributed by atoms with van der Waals surface area (Å²) in [6.07, 6.45) is 0. The Morgan fingerprint density at radius 1 is 1.33 bits per heavy atom. The summed E-state index contributed by atoms with van der Waals surface area (Å²) in [7, 11) is 0. The van der Waals surface area contributed by atoms with Gasteiger partial charge in [0.05, 0.1) is 5.69 Å². The molecule has 0 saturated carbocycles. The second-order valence-corrected chi connectivity index (χ2v) is 3.84. The lowest BCUT2D eigenvalue weighted by atomic mass is 10.3. The summed E-state index contributed by atoms with van der Waals surface area (Å²) in [5, 5.41) is 9.76. The quantitative estimate of drug-likeness (QED) is 0.550. The highest BCUT2D eigenvalue weighted by Gasteiger charge is 2.03. The predicted molar refractivity (Wildman–Crippen MR) is 57.4 cm³/mol. The molecule has 1 aromatic rings. The maximum atomic E-state index is 7.05. The van der Waals surface area contributed by atoms with Gasteiger partial charge in [0.25, 0.3) is 0 Å². The first-order valence-corrected chi connectivity index (χ1v) is 4.75. The zero-order chi connectivity index (χ0) is 9.14. The minimum absolute atomic E-state index is 0.0809. The molecule has 0 aromatic heterocycles. The maximum absolute atomic E-state index is 7.05. The Balaban J connectivity index is 3.04. The van der Waals surface area contributed by atoms with Crippen molar-refractivity contribution in [1.82, 2.24) is 0 Å². The summed E-state index contributed by atoms with van der Waals surface area (Å²) in [5.74, 6) is -0.0809. The molecule has 0 aliphatic carbocycles. The van der Waals surface area contributed by atoms with Gasteiger partial charge in [-0.15, -0.1) is 0 Å². The van der Waals surface area contributed by atoms with Gasteiger partial charge in [-0.1, -0.05) is 6.07 Å². The Kier molecular flexibility index (Phi) is 3.11. The van der Waals surface area contributed by atoms with Crippen molar-refractivity contribution in [3.8, 4) is 0 Å². The zero-order valence-corrected chi connectivity index (χ0v) is 9.24. The van der Waals surface area contributed by atoms with Gasteiger partial charge < -0.3 is 11.1 Å². The molecular weight excluding hydrogens is 286 g/mol. The van der Waals surface area contributed by atoms with Crippen molar-refractivity contribution >= 4 is 43.5 Å². The van der Waals surface area contributed by atoms with Gasteiger partial charge in [-0.05, 0) is 44.0 Å². The molecule has 0 fully saturated rings. The van der Waals surface area contributed by atoms with E-state index >= 15 is 0 Å². The van der Waals surface area contributed by atoms with E-state index in [-0.39, 0.29) is 5.96 Å². The Morgan fingerprint density at radius 3 is 2.25 bits per heavy atom. The third-order valence-electron chi connectivity index (χ3n) is 1.22. The number of nitrogens with one attached hydrogen (secondary N) is 2. The number of guanidine groups is 1. The molecule has 0 radical (unpaired) electrons. The summed E-state index contributed by atoms with van der Waals surface area (Å²) >= 11 is 6.66. The maximum Gasteiger partial charge on any atom is 0.190 e. The summed E-state index contributed by atoms with van der Waals surface area (Å²) in [4.78, 5) is 0. The first-order chi connectivity index (χ1) is 5.61. The molecule has 5 heteroatoms. The van der Waals surface area contributed by atoms with Crippen molar-refractivity contribution < 1.29 is 0 Å². The van der Waals surface area contributed by atoms with Crippen molar-refractivity contribution in [2.75, 3.05) is 5.32 Å². The molecule has 0 unspecified atom stereocenters. The molecule has 0 amide bonds. The lowest BCUT2D eigenvalue weighted by Gasteiger charge is -2.07. The van der Waals surface area contributed by atoms with Gasteiger partial charge in [0.15, 0.2) is 5.96 Å². The van der Waals surface area contributed by atoms with Crippen molar-refractivity contribution in [2.24, 2.45) is 5.73 Å². The molecule has 4 N–H and O–H groups in total. The Labute approximate surface area is 87.1 Å². The van der Waals surface area contributed by atoms with Crippen LogP contribution < -0.4 is 11.1 Å². The van der Waals surface area contributed by atoms with Crippen molar-refractivity contribution in [1.29, 1.82) is 5.41 Å². The lowest BCUT2D eigenvalue weighted by molar-refractivity contribution is 1.40. The highest BCUT2D eigenvalue weighted by molar-refractivity contribution is 9.11. The van der Waals surface area contributed by atoms with Gasteiger partial charge in [-0.25, -0.2) is 0 Å². The minimum Gasteiger partial charge on any atom is -0.370 e. The fraction of sp³-hybridized carbons (Fsp3) is 0. The Morgan fingerprint density at radius 2 is 1.83 bits per heavy atom. The van der Waals surface area contributed by atoms with E-state index in [0.29, 0.717) is 0 Å². The summed E-state index contributed by atoms with van der Waals surface area (Å²) < 4.78 is 1.74. The van der Waals surface area contributed by atoms with Crippen LogP contribution in [0.5, 0.6) is 0 Å². The number of para-hydroxylation sites is 1. The molecule has 1 rings (SSSR count). The average Bonchev–Trinajstić information content (AvgIpc) is 1.97. The van der Waals surface area contributed by atoms with Crippen LogP contribution in [0.2, 0.25) is 0 Å². The molecule has 0 spiro atoms. The monoisotopic (exact) mass is 291 g/mol. The van der Waals surface area contributed by atoms with E-state index in [1.165, 1.54) is 0 Å². The van der Waals surface area contributed by atoms with Gasteiger partial charge >= 0.3 is 0 Å². The average molecular weight is 293 g/mol. The molecule has 0 atom stereocenters. The van der Waals surface area contributed by atoms with Gasteiger partial charge in [0.2, 0.25) is 0 Å². The van der Waals surface area contributed by atoms with E-state index in [1.807, 2.05) is 18.2 Å². The molecule has 0 saturated heterocycles. The second kappa shape index (κ2) is 3.91. The first-order valence-electron chi connectivity index (χ1n) is 3.16. The van der Waals surface area contributed by atoms with E-state index in [0.717, 1.165) is 14.6 Å². The van der Waals surface area contributed by atoms with Crippen molar-refractivity contribution in [2.45, 2.75) is 0 Å². The molecule has 3 nitrogen and oxygen atoms in total. The fourth-order valence-electron chi connectivity index (χ4n) is 0.752. The van der Waals surface area contributed by atoms with Crippen LogP contribution in [-0.4, -0.2) is 5.96 Å². The SMILES string of the molecule is N=C(N)Nc1c(Br)cccc1Br. The normalized spacial score (nSPS) is 9.50. The number of hydrogen-bond acceptors (Lipinski definition) is 1. The number of hydrogen-bond donors (Lipinski definition) is 3. The summed E-state index contributed by atoms with van der Waals surface area (Å²) in [5.41, 5.74) is 5.96. The molecule has 0 aliphatic rings. The third kappa shape index (κ3) is 2.22. The van der Waals surface area contributed by atoms with Gasteiger partial charge in [0, 0.05) is 8.95 Å². The van der Waals surface area contributed by atoms with Gasteiger partial charge in [-0.3, -0.25) is 5.41 Å². The van der Waals surface area contributed by atoms with Gasteiger partial charge in [0.1, 0.15) is 0 Å². The van der Waals surface area contributed by atoms with E-state index in [1.54, 1.807) is 0 Å². The smallest absolute Gasteiger partial charge is 0.190 e. The number of benzene rings is 1. The molecule has 0 heterocycles. The highest BCUT2D eigenvalue weighted by atomic mass is 79.9. The van der Waals surface area contributed by atoms with Crippen LogP contribution in [0.25, 0.3) is 0 Å². The number of halogens is 2.